The Labute approximate surface area is 108 Å². The summed E-state index contributed by atoms with van der Waals surface area (Å²) in [4.78, 5) is 11.9. The van der Waals surface area contributed by atoms with Gasteiger partial charge in [-0.3, -0.25) is 4.79 Å². The number of hydrogen-bond acceptors (Lipinski definition) is 3. The molecule has 1 fully saturated rings. The topological polar surface area (TPSA) is 64.4 Å². The molecule has 0 radical (unpaired) electrons. The van der Waals surface area contributed by atoms with Gasteiger partial charge in [-0.05, 0) is 11.1 Å². The van der Waals surface area contributed by atoms with Gasteiger partial charge in [0.2, 0.25) is 5.91 Å². The largest absolute Gasteiger partial charge is 0.380 e. The summed E-state index contributed by atoms with van der Waals surface area (Å²) in [5, 5.41) is 2.97. The van der Waals surface area contributed by atoms with Crippen molar-refractivity contribution in [2.75, 3.05) is 19.8 Å². The van der Waals surface area contributed by atoms with E-state index in [0.717, 1.165) is 24.3 Å². The normalized spacial score (nSPS) is 17.0. The molecule has 0 unspecified atom stereocenters. The van der Waals surface area contributed by atoms with Crippen molar-refractivity contribution in [3.05, 3.63) is 35.4 Å². The molecule has 0 aromatic heterocycles. The molecule has 1 saturated heterocycles. The zero-order valence-corrected chi connectivity index (χ0v) is 10.7. The average molecular weight is 248 g/mol. The van der Waals surface area contributed by atoms with Gasteiger partial charge < -0.3 is 15.8 Å². The van der Waals surface area contributed by atoms with Crippen molar-refractivity contribution in [2.45, 2.75) is 19.9 Å². The van der Waals surface area contributed by atoms with Crippen LogP contribution in [-0.4, -0.2) is 25.7 Å². The van der Waals surface area contributed by atoms with Crippen molar-refractivity contribution in [1.82, 2.24) is 5.32 Å². The molecule has 0 bridgehead atoms. The third kappa shape index (κ3) is 3.09. The molecule has 0 aliphatic carbocycles. The van der Waals surface area contributed by atoms with E-state index in [1.54, 1.807) is 0 Å². The molecule has 0 spiro atoms. The Bertz CT molecular complexity index is 428. The molecule has 1 aliphatic heterocycles. The number of benzene rings is 1. The van der Waals surface area contributed by atoms with Crippen LogP contribution in [0, 0.1) is 5.41 Å². The van der Waals surface area contributed by atoms with Gasteiger partial charge in [0.25, 0.3) is 0 Å². The number of carbonyl (C=O) groups excluding carboxylic acids is 1. The van der Waals surface area contributed by atoms with E-state index in [1.165, 1.54) is 0 Å². The van der Waals surface area contributed by atoms with Crippen molar-refractivity contribution in [3.63, 3.8) is 0 Å². The SMILES string of the molecule is CC1(CNC(=O)Cc2ccccc2CN)COC1. The highest BCUT2D eigenvalue weighted by Crippen LogP contribution is 2.25. The lowest BCUT2D eigenvalue weighted by Crippen LogP contribution is -2.48. The third-order valence-electron chi connectivity index (χ3n) is 3.30. The molecule has 0 atom stereocenters. The Kier molecular flexibility index (Phi) is 3.99. The van der Waals surface area contributed by atoms with Crippen LogP contribution in [-0.2, 0) is 22.5 Å². The summed E-state index contributed by atoms with van der Waals surface area (Å²) in [6.07, 6.45) is 0.393. The Morgan fingerprint density at radius 2 is 2.06 bits per heavy atom. The van der Waals surface area contributed by atoms with Gasteiger partial charge in [0.15, 0.2) is 0 Å². The van der Waals surface area contributed by atoms with Gasteiger partial charge >= 0.3 is 0 Å². The van der Waals surface area contributed by atoms with Crippen LogP contribution in [0.1, 0.15) is 18.1 Å². The summed E-state index contributed by atoms with van der Waals surface area (Å²) in [5.74, 6) is 0.0454. The maximum absolute atomic E-state index is 11.9. The number of nitrogens with two attached hydrogens (primary N) is 1. The summed E-state index contributed by atoms with van der Waals surface area (Å²) < 4.78 is 5.16. The number of nitrogens with one attached hydrogen (secondary N) is 1. The van der Waals surface area contributed by atoms with E-state index in [2.05, 4.69) is 12.2 Å². The Morgan fingerprint density at radius 3 is 2.61 bits per heavy atom. The summed E-state index contributed by atoms with van der Waals surface area (Å²) >= 11 is 0. The fourth-order valence-corrected chi connectivity index (χ4v) is 2.03. The first-order valence-electron chi connectivity index (χ1n) is 6.24. The van der Waals surface area contributed by atoms with E-state index in [4.69, 9.17) is 10.5 Å². The smallest absolute Gasteiger partial charge is 0.224 e. The van der Waals surface area contributed by atoms with Gasteiger partial charge in [-0.25, -0.2) is 0 Å². The molecule has 18 heavy (non-hydrogen) atoms. The maximum atomic E-state index is 11.9. The summed E-state index contributed by atoms with van der Waals surface area (Å²) in [6.45, 7) is 4.72. The van der Waals surface area contributed by atoms with E-state index in [0.29, 0.717) is 19.5 Å². The average Bonchev–Trinajstić information content (AvgIpc) is 2.35. The van der Waals surface area contributed by atoms with Gasteiger partial charge in [-0.15, -0.1) is 0 Å². The first-order chi connectivity index (χ1) is 8.63. The molecule has 3 N–H and O–H groups in total. The zero-order chi connectivity index (χ0) is 13.0. The standard InChI is InChI=1S/C14H20N2O2/c1-14(9-18-10-14)8-16-13(17)6-11-4-2-3-5-12(11)7-15/h2-5H,6-10,15H2,1H3,(H,16,17). The molecule has 1 aromatic rings. The van der Waals surface area contributed by atoms with Crippen molar-refractivity contribution < 1.29 is 9.53 Å². The van der Waals surface area contributed by atoms with E-state index in [1.807, 2.05) is 24.3 Å². The second-order valence-electron chi connectivity index (χ2n) is 5.23. The molecule has 1 heterocycles. The van der Waals surface area contributed by atoms with Gasteiger partial charge in [-0.1, -0.05) is 31.2 Å². The first kappa shape index (κ1) is 13.1. The highest BCUT2D eigenvalue weighted by atomic mass is 16.5. The van der Waals surface area contributed by atoms with Crippen LogP contribution in [0.25, 0.3) is 0 Å². The highest BCUT2D eigenvalue weighted by Gasteiger charge is 2.33. The molecule has 1 aliphatic rings. The van der Waals surface area contributed by atoms with Crippen LogP contribution < -0.4 is 11.1 Å². The predicted molar refractivity (Wildman–Crippen MR) is 70.0 cm³/mol. The molecule has 98 valence electrons. The van der Waals surface area contributed by atoms with Crippen molar-refractivity contribution in [2.24, 2.45) is 11.1 Å². The molecule has 1 amide bonds. The highest BCUT2D eigenvalue weighted by molar-refractivity contribution is 5.79. The van der Waals surface area contributed by atoms with Gasteiger partial charge in [0.05, 0.1) is 19.6 Å². The number of rotatable bonds is 5. The minimum absolute atomic E-state index is 0.0454. The van der Waals surface area contributed by atoms with Gasteiger partial charge in [-0.2, -0.15) is 0 Å². The number of ether oxygens (including phenoxy) is 1. The number of amides is 1. The Balaban J connectivity index is 1.86. The van der Waals surface area contributed by atoms with Crippen molar-refractivity contribution >= 4 is 5.91 Å². The van der Waals surface area contributed by atoms with Crippen LogP contribution in [0.4, 0.5) is 0 Å². The fourth-order valence-electron chi connectivity index (χ4n) is 2.03. The lowest BCUT2D eigenvalue weighted by Gasteiger charge is -2.38. The predicted octanol–water partition coefficient (Wildman–Crippen LogP) is 0.841. The Morgan fingerprint density at radius 1 is 1.39 bits per heavy atom. The molecular formula is C14H20N2O2. The third-order valence-corrected chi connectivity index (χ3v) is 3.30. The maximum Gasteiger partial charge on any atom is 0.224 e. The van der Waals surface area contributed by atoms with Gasteiger partial charge in [0.1, 0.15) is 0 Å². The van der Waals surface area contributed by atoms with Crippen LogP contribution >= 0.6 is 0 Å². The second-order valence-corrected chi connectivity index (χ2v) is 5.23. The first-order valence-corrected chi connectivity index (χ1v) is 6.24. The summed E-state index contributed by atoms with van der Waals surface area (Å²) in [7, 11) is 0. The Hall–Kier alpha value is -1.39. The minimum Gasteiger partial charge on any atom is -0.380 e. The second kappa shape index (κ2) is 5.50. The lowest BCUT2D eigenvalue weighted by atomic mass is 9.88. The van der Waals surface area contributed by atoms with Crippen LogP contribution in [0.5, 0.6) is 0 Å². The van der Waals surface area contributed by atoms with Crippen LogP contribution in [0.2, 0.25) is 0 Å². The van der Waals surface area contributed by atoms with E-state index < -0.39 is 0 Å². The molecule has 0 saturated carbocycles. The van der Waals surface area contributed by atoms with E-state index >= 15 is 0 Å². The molecular weight excluding hydrogens is 228 g/mol. The monoisotopic (exact) mass is 248 g/mol. The van der Waals surface area contributed by atoms with Crippen molar-refractivity contribution in [3.8, 4) is 0 Å². The van der Waals surface area contributed by atoms with E-state index in [9.17, 15) is 4.79 Å². The fraction of sp³-hybridized carbons (Fsp3) is 0.500. The molecule has 4 nitrogen and oxygen atoms in total. The van der Waals surface area contributed by atoms with Crippen LogP contribution in [0.15, 0.2) is 24.3 Å². The number of hydrogen-bond donors (Lipinski definition) is 2. The molecule has 1 aromatic carbocycles. The zero-order valence-electron chi connectivity index (χ0n) is 10.7. The summed E-state index contributed by atoms with van der Waals surface area (Å²) in [5.41, 5.74) is 7.81. The van der Waals surface area contributed by atoms with Gasteiger partial charge in [0, 0.05) is 18.5 Å². The number of carbonyl (C=O) groups is 1. The van der Waals surface area contributed by atoms with Crippen LogP contribution in [0.3, 0.4) is 0 Å². The van der Waals surface area contributed by atoms with E-state index in [-0.39, 0.29) is 11.3 Å². The lowest BCUT2D eigenvalue weighted by molar-refractivity contribution is -0.126. The minimum atomic E-state index is 0.0454. The quantitative estimate of drug-likeness (QED) is 0.811. The summed E-state index contributed by atoms with van der Waals surface area (Å²) in [6, 6.07) is 7.79. The molecule has 2 rings (SSSR count). The molecule has 4 heteroatoms. The van der Waals surface area contributed by atoms with Crippen molar-refractivity contribution in [1.29, 1.82) is 0 Å².